The predicted octanol–water partition coefficient (Wildman–Crippen LogP) is 2.00. The lowest BCUT2D eigenvalue weighted by atomic mass is 9.97. The monoisotopic (exact) mass is 314 g/mol. The molecular formula is C17H22N4O2. The molecule has 0 aliphatic carbocycles. The highest BCUT2D eigenvalue weighted by Crippen LogP contribution is 2.22. The van der Waals surface area contributed by atoms with Crippen molar-refractivity contribution in [2.45, 2.75) is 26.3 Å². The number of carbonyl (C=O) groups excluding carboxylic acids is 1. The Kier molecular flexibility index (Phi) is 4.71. The van der Waals surface area contributed by atoms with Gasteiger partial charge < -0.3 is 9.84 Å². The minimum absolute atomic E-state index is 0.0523. The van der Waals surface area contributed by atoms with Gasteiger partial charge in [-0.15, -0.1) is 0 Å². The number of amides is 1. The number of nitrogens with one attached hydrogen (secondary N) is 1. The van der Waals surface area contributed by atoms with Crippen molar-refractivity contribution in [1.29, 1.82) is 0 Å². The maximum atomic E-state index is 11.8. The van der Waals surface area contributed by atoms with Gasteiger partial charge in [-0.2, -0.15) is 4.98 Å². The summed E-state index contributed by atoms with van der Waals surface area (Å²) >= 11 is 0. The fourth-order valence-corrected chi connectivity index (χ4v) is 3.06. The number of piperidine rings is 1. The van der Waals surface area contributed by atoms with Crippen LogP contribution in [0.1, 0.15) is 24.2 Å². The van der Waals surface area contributed by atoms with Crippen molar-refractivity contribution in [2.75, 3.05) is 20.1 Å². The molecule has 0 saturated carbocycles. The fourth-order valence-electron chi connectivity index (χ4n) is 3.06. The van der Waals surface area contributed by atoms with Crippen molar-refractivity contribution in [1.82, 2.24) is 20.4 Å². The minimum Gasteiger partial charge on any atom is -0.359 e. The van der Waals surface area contributed by atoms with E-state index in [9.17, 15) is 4.79 Å². The number of likely N-dealkylation sites (tertiary alicyclic amines) is 1. The standard InChI is InChI=1S/C17H22N4O2/c1-12-6-3-4-8-14(12)17-19-15(20-23-17)11-21-9-5-7-13(10-21)16(22)18-2/h3-4,6,8,13H,5,7,9-11H2,1-2H3,(H,18,22)/t13-/m0/s1. The van der Waals surface area contributed by atoms with Gasteiger partial charge in [-0.25, -0.2) is 0 Å². The van der Waals surface area contributed by atoms with Crippen LogP contribution in [0, 0.1) is 12.8 Å². The van der Waals surface area contributed by atoms with Crippen LogP contribution >= 0.6 is 0 Å². The molecule has 122 valence electrons. The Balaban J connectivity index is 1.67. The first-order valence-electron chi connectivity index (χ1n) is 8.00. The zero-order valence-electron chi connectivity index (χ0n) is 13.6. The van der Waals surface area contributed by atoms with Gasteiger partial charge in [-0.05, 0) is 37.9 Å². The Morgan fingerprint density at radius 1 is 1.43 bits per heavy atom. The number of carbonyl (C=O) groups is 1. The number of hydrogen-bond donors (Lipinski definition) is 1. The van der Waals surface area contributed by atoms with Crippen LogP contribution < -0.4 is 5.32 Å². The Morgan fingerprint density at radius 3 is 3.04 bits per heavy atom. The van der Waals surface area contributed by atoms with Gasteiger partial charge in [0.05, 0.1) is 12.5 Å². The molecule has 6 heteroatoms. The zero-order chi connectivity index (χ0) is 16.2. The molecule has 1 aromatic heterocycles. The van der Waals surface area contributed by atoms with E-state index < -0.39 is 0 Å². The highest BCUT2D eigenvalue weighted by molar-refractivity contribution is 5.78. The van der Waals surface area contributed by atoms with Crippen molar-refractivity contribution in [2.24, 2.45) is 5.92 Å². The molecule has 1 N–H and O–H groups in total. The normalized spacial score (nSPS) is 18.8. The number of aromatic nitrogens is 2. The lowest BCUT2D eigenvalue weighted by Gasteiger charge is -2.30. The summed E-state index contributed by atoms with van der Waals surface area (Å²) in [5.74, 6) is 1.39. The van der Waals surface area contributed by atoms with Gasteiger partial charge in [0.2, 0.25) is 5.91 Å². The van der Waals surface area contributed by atoms with E-state index >= 15 is 0 Å². The molecule has 0 spiro atoms. The van der Waals surface area contributed by atoms with Gasteiger partial charge in [0.15, 0.2) is 5.82 Å². The molecule has 1 aliphatic rings. The van der Waals surface area contributed by atoms with Gasteiger partial charge in [-0.1, -0.05) is 23.4 Å². The smallest absolute Gasteiger partial charge is 0.258 e. The van der Waals surface area contributed by atoms with Gasteiger partial charge in [-0.3, -0.25) is 9.69 Å². The number of hydrogen-bond acceptors (Lipinski definition) is 5. The second kappa shape index (κ2) is 6.91. The molecule has 3 rings (SSSR count). The molecule has 2 heterocycles. The van der Waals surface area contributed by atoms with E-state index in [1.54, 1.807) is 7.05 Å². The van der Waals surface area contributed by atoms with E-state index in [4.69, 9.17) is 4.52 Å². The van der Waals surface area contributed by atoms with Gasteiger partial charge >= 0.3 is 0 Å². The van der Waals surface area contributed by atoms with Crippen molar-refractivity contribution >= 4 is 5.91 Å². The number of benzene rings is 1. The van der Waals surface area contributed by atoms with Gasteiger partial charge in [0.1, 0.15) is 0 Å². The van der Waals surface area contributed by atoms with E-state index in [0.717, 1.165) is 37.1 Å². The predicted molar refractivity (Wildman–Crippen MR) is 86.5 cm³/mol. The first kappa shape index (κ1) is 15.7. The molecule has 1 amide bonds. The van der Waals surface area contributed by atoms with Gasteiger partial charge in [0, 0.05) is 19.2 Å². The van der Waals surface area contributed by atoms with Crippen LogP contribution in [-0.4, -0.2) is 41.1 Å². The molecule has 6 nitrogen and oxygen atoms in total. The quantitative estimate of drug-likeness (QED) is 0.934. The summed E-state index contributed by atoms with van der Waals surface area (Å²) in [6.07, 6.45) is 1.96. The first-order valence-corrected chi connectivity index (χ1v) is 8.00. The number of rotatable bonds is 4. The summed E-state index contributed by atoms with van der Waals surface area (Å²) in [7, 11) is 1.69. The summed E-state index contributed by atoms with van der Waals surface area (Å²) in [6, 6.07) is 7.96. The highest BCUT2D eigenvalue weighted by Gasteiger charge is 2.26. The molecular weight excluding hydrogens is 292 g/mol. The topological polar surface area (TPSA) is 71.3 Å². The second-order valence-corrected chi connectivity index (χ2v) is 6.02. The molecule has 0 radical (unpaired) electrons. The highest BCUT2D eigenvalue weighted by atomic mass is 16.5. The zero-order valence-corrected chi connectivity index (χ0v) is 13.6. The minimum atomic E-state index is 0.0523. The van der Waals surface area contributed by atoms with Crippen LogP contribution in [0.4, 0.5) is 0 Å². The molecule has 1 saturated heterocycles. The molecule has 1 aromatic carbocycles. The van der Waals surface area contributed by atoms with Crippen LogP contribution in [0.5, 0.6) is 0 Å². The summed E-state index contributed by atoms with van der Waals surface area (Å²) in [5.41, 5.74) is 2.08. The maximum absolute atomic E-state index is 11.8. The maximum Gasteiger partial charge on any atom is 0.258 e. The molecule has 1 fully saturated rings. The average molecular weight is 314 g/mol. The van der Waals surface area contributed by atoms with E-state index in [1.807, 2.05) is 31.2 Å². The first-order chi connectivity index (χ1) is 11.2. The SMILES string of the molecule is CNC(=O)[C@H]1CCCN(Cc2noc(-c3ccccc3C)n2)C1. The third kappa shape index (κ3) is 3.59. The lowest BCUT2D eigenvalue weighted by molar-refractivity contribution is -0.126. The molecule has 2 aromatic rings. The van der Waals surface area contributed by atoms with Crippen LogP contribution in [0.25, 0.3) is 11.5 Å². The van der Waals surface area contributed by atoms with Crippen molar-refractivity contribution in [3.05, 3.63) is 35.7 Å². The summed E-state index contributed by atoms with van der Waals surface area (Å²) in [5, 5.41) is 6.83. The van der Waals surface area contributed by atoms with E-state index in [1.165, 1.54) is 0 Å². The average Bonchev–Trinajstić information content (AvgIpc) is 3.03. The van der Waals surface area contributed by atoms with Crippen LogP contribution in [0.2, 0.25) is 0 Å². The van der Waals surface area contributed by atoms with Crippen molar-refractivity contribution in [3.8, 4) is 11.5 Å². The second-order valence-electron chi connectivity index (χ2n) is 6.02. The van der Waals surface area contributed by atoms with E-state index in [0.29, 0.717) is 18.3 Å². The van der Waals surface area contributed by atoms with Crippen LogP contribution in [0.3, 0.4) is 0 Å². The fraction of sp³-hybridized carbons (Fsp3) is 0.471. The van der Waals surface area contributed by atoms with Crippen molar-refractivity contribution in [3.63, 3.8) is 0 Å². The van der Waals surface area contributed by atoms with Crippen LogP contribution in [-0.2, 0) is 11.3 Å². The Morgan fingerprint density at radius 2 is 2.26 bits per heavy atom. The summed E-state index contributed by atoms with van der Waals surface area (Å²) in [6.45, 7) is 4.34. The Labute approximate surface area is 135 Å². The largest absolute Gasteiger partial charge is 0.359 e. The molecule has 1 atom stereocenters. The van der Waals surface area contributed by atoms with E-state index in [-0.39, 0.29) is 11.8 Å². The Hall–Kier alpha value is -2.21. The molecule has 23 heavy (non-hydrogen) atoms. The molecule has 0 bridgehead atoms. The Bertz CT molecular complexity index is 683. The van der Waals surface area contributed by atoms with Crippen molar-refractivity contribution < 1.29 is 9.32 Å². The number of aryl methyl sites for hydroxylation is 1. The third-order valence-electron chi connectivity index (χ3n) is 4.33. The third-order valence-corrected chi connectivity index (χ3v) is 4.33. The number of nitrogens with zero attached hydrogens (tertiary/aromatic N) is 3. The molecule has 0 unspecified atom stereocenters. The van der Waals surface area contributed by atoms with Gasteiger partial charge in [0.25, 0.3) is 5.89 Å². The van der Waals surface area contributed by atoms with E-state index in [2.05, 4.69) is 20.4 Å². The van der Waals surface area contributed by atoms with Crippen LogP contribution in [0.15, 0.2) is 28.8 Å². The summed E-state index contributed by atoms with van der Waals surface area (Å²) in [4.78, 5) is 18.5. The molecule has 1 aliphatic heterocycles. The summed E-state index contributed by atoms with van der Waals surface area (Å²) < 4.78 is 5.40. The lowest BCUT2D eigenvalue weighted by Crippen LogP contribution is -2.41.